The van der Waals surface area contributed by atoms with Crippen LogP contribution in [-0.4, -0.2) is 26.9 Å². The third-order valence-electron chi connectivity index (χ3n) is 3.49. The van der Waals surface area contributed by atoms with Gasteiger partial charge >= 0.3 is 0 Å². The van der Waals surface area contributed by atoms with E-state index in [1.54, 1.807) is 7.11 Å². The molecule has 1 aromatic carbocycles. The van der Waals surface area contributed by atoms with E-state index in [2.05, 4.69) is 27.3 Å². The van der Waals surface area contributed by atoms with E-state index in [0.29, 0.717) is 6.61 Å². The molecule has 0 radical (unpaired) electrons. The lowest BCUT2D eigenvalue weighted by Gasteiger charge is -2.11. The number of benzene rings is 1. The van der Waals surface area contributed by atoms with Gasteiger partial charge in [0.1, 0.15) is 5.75 Å². The predicted octanol–water partition coefficient (Wildman–Crippen LogP) is 3.22. The molecular formula is C15H22BrNO2. The maximum atomic E-state index is 5.64. The van der Waals surface area contributed by atoms with E-state index in [9.17, 15) is 0 Å². The van der Waals surface area contributed by atoms with Crippen molar-refractivity contribution >= 4 is 15.9 Å². The van der Waals surface area contributed by atoms with Gasteiger partial charge < -0.3 is 14.8 Å². The van der Waals surface area contributed by atoms with Crippen molar-refractivity contribution in [1.29, 1.82) is 0 Å². The van der Waals surface area contributed by atoms with E-state index in [-0.39, 0.29) is 0 Å². The van der Waals surface area contributed by atoms with Gasteiger partial charge in [0, 0.05) is 30.3 Å². The zero-order chi connectivity index (χ0) is 13.7. The van der Waals surface area contributed by atoms with Crippen molar-refractivity contribution < 1.29 is 9.47 Å². The Balaban J connectivity index is 1.80. The van der Waals surface area contributed by atoms with Crippen LogP contribution in [0.25, 0.3) is 0 Å². The van der Waals surface area contributed by atoms with Crippen LogP contribution in [0.1, 0.15) is 18.9 Å². The molecule has 0 heterocycles. The van der Waals surface area contributed by atoms with Crippen LogP contribution in [0, 0.1) is 11.8 Å². The van der Waals surface area contributed by atoms with Crippen LogP contribution in [0.5, 0.6) is 5.75 Å². The first-order valence-corrected chi connectivity index (χ1v) is 7.64. The SMILES string of the molecule is CCOc1ccc(Br)cc1CNC[C@@H]1C[C@H]1COC. The molecule has 106 valence electrons. The smallest absolute Gasteiger partial charge is 0.123 e. The molecule has 0 unspecified atom stereocenters. The Hall–Kier alpha value is -0.580. The fraction of sp³-hybridized carbons (Fsp3) is 0.600. The number of rotatable bonds is 8. The molecule has 0 saturated heterocycles. The molecule has 0 spiro atoms. The van der Waals surface area contributed by atoms with E-state index in [1.807, 2.05) is 19.1 Å². The summed E-state index contributed by atoms with van der Waals surface area (Å²) in [5.74, 6) is 2.51. The van der Waals surface area contributed by atoms with Gasteiger partial charge in [-0.1, -0.05) is 15.9 Å². The van der Waals surface area contributed by atoms with E-state index in [4.69, 9.17) is 9.47 Å². The quantitative estimate of drug-likeness (QED) is 0.795. The van der Waals surface area contributed by atoms with Crippen molar-refractivity contribution in [3.05, 3.63) is 28.2 Å². The first-order chi connectivity index (χ1) is 9.24. The minimum atomic E-state index is 0.702. The highest BCUT2D eigenvalue weighted by Gasteiger charge is 2.36. The standard InChI is InChI=1S/C15H22BrNO2/c1-3-19-15-5-4-14(16)7-12(15)9-17-8-11-6-13(11)10-18-2/h4-5,7,11,13,17H,3,6,8-10H2,1-2H3/t11-,13-/m0/s1. The molecule has 0 aromatic heterocycles. The van der Waals surface area contributed by atoms with Gasteiger partial charge in [0.2, 0.25) is 0 Å². The van der Waals surface area contributed by atoms with Crippen LogP contribution in [-0.2, 0) is 11.3 Å². The van der Waals surface area contributed by atoms with Crippen LogP contribution in [0.4, 0.5) is 0 Å². The Labute approximate surface area is 123 Å². The fourth-order valence-electron chi connectivity index (χ4n) is 2.35. The lowest BCUT2D eigenvalue weighted by Crippen LogP contribution is -2.18. The molecule has 1 aromatic rings. The Morgan fingerprint density at radius 1 is 1.37 bits per heavy atom. The van der Waals surface area contributed by atoms with Crippen LogP contribution in [0.15, 0.2) is 22.7 Å². The Kier molecular flexibility index (Phi) is 5.67. The van der Waals surface area contributed by atoms with E-state index >= 15 is 0 Å². The highest BCUT2D eigenvalue weighted by atomic mass is 79.9. The fourth-order valence-corrected chi connectivity index (χ4v) is 2.76. The van der Waals surface area contributed by atoms with Crippen molar-refractivity contribution in [3.8, 4) is 5.75 Å². The van der Waals surface area contributed by atoms with Gasteiger partial charge in [-0.05, 0) is 49.9 Å². The minimum Gasteiger partial charge on any atom is -0.494 e. The molecule has 1 saturated carbocycles. The summed E-state index contributed by atoms with van der Waals surface area (Å²) in [5.41, 5.74) is 1.21. The largest absolute Gasteiger partial charge is 0.494 e. The number of hydrogen-bond acceptors (Lipinski definition) is 3. The summed E-state index contributed by atoms with van der Waals surface area (Å²) in [6, 6.07) is 6.16. The van der Waals surface area contributed by atoms with Gasteiger partial charge in [-0.2, -0.15) is 0 Å². The van der Waals surface area contributed by atoms with Crippen LogP contribution >= 0.6 is 15.9 Å². The van der Waals surface area contributed by atoms with E-state index in [0.717, 1.165) is 41.8 Å². The molecule has 0 aliphatic heterocycles. The van der Waals surface area contributed by atoms with Gasteiger partial charge in [0.25, 0.3) is 0 Å². The lowest BCUT2D eigenvalue weighted by atomic mass is 10.2. The third kappa shape index (κ3) is 4.48. The van der Waals surface area contributed by atoms with Crippen LogP contribution < -0.4 is 10.1 Å². The first-order valence-electron chi connectivity index (χ1n) is 6.85. The van der Waals surface area contributed by atoms with Gasteiger partial charge in [-0.15, -0.1) is 0 Å². The van der Waals surface area contributed by atoms with Crippen molar-refractivity contribution in [2.75, 3.05) is 26.9 Å². The summed E-state index contributed by atoms with van der Waals surface area (Å²) in [6.07, 6.45) is 1.29. The zero-order valence-electron chi connectivity index (χ0n) is 11.6. The average molecular weight is 328 g/mol. The number of hydrogen-bond donors (Lipinski definition) is 1. The molecule has 2 atom stereocenters. The topological polar surface area (TPSA) is 30.5 Å². The number of methoxy groups -OCH3 is 1. The average Bonchev–Trinajstić information content (AvgIpc) is 3.12. The Bertz CT molecular complexity index is 411. The molecule has 19 heavy (non-hydrogen) atoms. The molecular weight excluding hydrogens is 306 g/mol. The highest BCUT2D eigenvalue weighted by Crippen LogP contribution is 2.37. The highest BCUT2D eigenvalue weighted by molar-refractivity contribution is 9.10. The Morgan fingerprint density at radius 2 is 2.21 bits per heavy atom. The molecule has 1 aliphatic carbocycles. The summed E-state index contributed by atoms with van der Waals surface area (Å²) >= 11 is 3.51. The number of halogens is 1. The van der Waals surface area contributed by atoms with Crippen LogP contribution in [0.3, 0.4) is 0 Å². The van der Waals surface area contributed by atoms with E-state index in [1.165, 1.54) is 12.0 Å². The summed E-state index contributed by atoms with van der Waals surface area (Å²) in [7, 11) is 1.78. The molecule has 1 aliphatic rings. The van der Waals surface area contributed by atoms with Crippen molar-refractivity contribution in [3.63, 3.8) is 0 Å². The molecule has 1 fully saturated rings. The predicted molar refractivity (Wildman–Crippen MR) is 80.5 cm³/mol. The minimum absolute atomic E-state index is 0.702. The molecule has 1 N–H and O–H groups in total. The number of ether oxygens (including phenoxy) is 2. The summed E-state index contributed by atoms with van der Waals surface area (Å²) in [6.45, 7) is 5.52. The summed E-state index contributed by atoms with van der Waals surface area (Å²) in [5, 5.41) is 3.52. The van der Waals surface area contributed by atoms with Gasteiger partial charge in [0.15, 0.2) is 0 Å². The van der Waals surface area contributed by atoms with Gasteiger partial charge in [-0.25, -0.2) is 0 Å². The second kappa shape index (κ2) is 7.27. The molecule has 0 bridgehead atoms. The number of nitrogens with one attached hydrogen (secondary N) is 1. The summed E-state index contributed by atoms with van der Waals surface area (Å²) < 4.78 is 11.9. The summed E-state index contributed by atoms with van der Waals surface area (Å²) in [4.78, 5) is 0. The maximum Gasteiger partial charge on any atom is 0.123 e. The maximum absolute atomic E-state index is 5.64. The normalized spacial score (nSPS) is 21.4. The molecule has 2 rings (SSSR count). The van der Waals surface area contributed by atoms with Crippen molar-refractivity contribution in [2.24, 2.45) is 11.8 Å². The molecule has 3 nitrogen and oxygen atoms in total. The second-order valence-corrected chi connectivity index (χ2v) is 5.94. The molecule has 0 amide bonds. The third-order valence-corrected chi connectivity index (χ3v) is 3.99. The monoisotopic (exact) mass is 327 g/mol. The van der Waals surface area contributed by atoms with Gasteiger partial charge in [-0.3, -0.25) is 0 Å². The van der Waals surface area contributed by atoms with E-state index < -0.39 is 0 Å². The second-order valence-electron chi connectivity index (χ2n) is 5.03. The van der Waals surface area contributed by atoms with Crippen LogP contribution in [0.2, 0.25) is 0 Å². The molecule has 4 heteroatoms. The van der Waals surface area contributed by atoms with Crippen molar-refractivity contribution in [1.82, 2.24) is 5.32 Å². The first kappa shape index (κ1) is 14.8. The Morgan fingerprint density at radius 3 is 2.95 bits per heavy atom. The zero-order valence-corrected chi connectivity index (χ0v) is 13.2. The van der Waals surface area contributed by atoms with Crippen molar-refractivity contribution in [2.45, 2.75) is 19.9 Å². The lowest BCUT2D eigenvalue weighted by molar-refractivity contribution is 0.181. The van der Waals surface area contributed by atoms with Gasteiger partial charge in [0.05, 0.1) is 6.61 Å².